The summed E-state index contributed by atoms with van der Waals surface area (Å²) in [6.45, 7) is 12.6. The molecule has 4 nitrogen and oxygen atoms in total. The second-order valence-electron chi connectivity index (χ2n) is 6.44. The van der Waals surface area contributed by atoms with E-state index >= 15 is 0 Å². The van der Waals surface area contributed by atoms with Crippen molar-refractivity contribution in [1.29, 1.82) is 0 Å². The van der Waals surface area contributed by atoms with Gasteiger partial charge in [0.05, 0.1) is 18.3 Å². The summed E-state index contributed by atoms with van der Waals surface area (Å²) in [7, 11) is -1.92. The topological polar surface area (TPSA) is 58.9 Å². The van der Waals surface area contributed by atoms with Crippen LogP contribution in [0.1, 0.15) is 34.1 Å². The molecule has 1 heterocycles. The van der Waals surface area contributed by atoms with Crippen molar-refractivity contribution in [3.63, 3.8) is 0 Å². The van der Waals surface area contributed by atoms with Crippen LogP contribution in [0.2, 0.25) is 18.1 Å². The summed E-state index contributed by atoms with van der Waals surface area (Å²) in [4.78, 5) is 0. The second kappa shape index (κ2) is 4.97. The first-order valence-corrected chi connectivity index (χ1v) is 9.15. The van der Waals surface area contributed by atoms with E-state index in [1.165, 1.54) is 0 Å². The van der Waals surface area contributed by atoms with Gasteiger partial charge in [0.2, 0.25) is 0 Å². The van der Waals surface area contributed by atoms with E-state index in [4.69, 9.17) is 9.16 Å². The Morgan fingerprint density at radius 3 is 2.18 bits per heavy atom. The molecule has 1 rings (SSSR count). The van der Waals surface area contributed by atoms with Gasteiger partial charge in [0.25, 0.3) is 0 Å². The first-order valence-electron chi connectivity index (χ1n) is 6.24. The maximum Gasteiger partial charge on any atom is 0.192 e. The third-order valence-corrected chi connectivity index (χ3v) is 8.37. The van der Waals surface area contributed by atoms with Crippen molar-refractivity contribution in [3.05, 3.63) is 0 Å². The molecule has 0 bridgehead atoms. The summed E-state index contributed by atoms with van der Waals surface area (Å²) in [6, 6.07) is 0. The highest BCUT2D eigenvalue weighted by atomic mass is 28.4. The molecule has 5 heteroatoms. The zero-order valence-corrected chi connectivity index (χ0v) is 12.7. The molecule has 4 atom stereocenters. The van der Waals surface area contributed by atoms with E-state index in [1.807, 2.05) is 6.92 Å². The number of hydrogen-bond acceptors (Lipinski definition) is 4. The maximum absolute atomic E-state index is 10.00. The standard InChI is InChI=1S/C12H26O4Si/c1-8-11(9(13)7-10(14)15-8)16-17(5,6)12(2,3)4/h8-11,13-14H,7H2,1-6H3/t8-,9-,10-,11+/m0/s1. The fraction of sp³-hybridized carbons (Fsp3) is 1.00. The van der Waals surface area contributed by atoms with Crippen LogP contribution in [-0.2, 0) is 9.16 Å². The van der Waals surface area contributed by atoms with Crippen molar-refractivity contribution < 1.29 is 19.4 Å². The normalized spacial score (nSPS) is 36.0. The summed E-state index contributed by atoms with van der Waals surface area (Å²) < 4.78 is 11.5. The fourth-order valence-corrected chi connectivity index (χ4v) is 3.11. The SMILES string of the molecule is C[C@@H]1O[C@H](O)C[C@H](O)[C@@H]1O[Si](C)(C)C(C)(C)C. The molecule has 1 aliphatic rings. The Morgan fingerprint density at radius 2 is 1.76 bits per heavy atom. The van der Waals surface area contributed by atoms with Crippen LogP contribution < -0.4 is 0 Å². The van der Waals surface area contributed by atoms with Gasteiger partial charge in [-0.1, -0.05) is 20.8 Å². The third-order valence-electron chi connectivity index (χ3n) is 3.89. The molecule has 0 spiro atoms. The monoisotopic (exact) mass is 262 g/mol. The van der Waals surface area contributed by atoms with Crippen LogP contribution in [0.25, 0.3) is 0 Å². The summed E-state index contributed by atoms with van der Waals surface area (Å²) in [5, 5.41) is 19.5. The Hall–Kier alpha value is 0.0569. The highest BCUT2D eigenvalue weighted by Gasteiger charge is 2.44. The lowest BCUT2D eigenvalue weighted by molar-refractivity contribution is -0.223. The third kappa shape index (κ3) is 3.51. The van der Waals surface area contributed by atoms with Crippen molar-refractivity contribution in [2.75, 3.05) is 0 Å². The summed E-state index contributed by atoms with van der Waals surface area (Å²) in [5.41, 5.74) is 0. The Morgan fingerprint density at radius 1 is 1.24 bits per heavy atom. The molecule has 0 saturated carbocycles. The fourth-order valence-electron chi connectivity index (χ4n) is 1.73. The molecule has 17 heavy (non-hydrogen) atoms. The van der Waals surface area contributed by atoms with Gasteiger partial charge >= 0.3 is 0 Å². The predicted molar refractivity (Wildman–Crippen MR) is 69.2 cm³/mol. The molecule has 1 aliphatic heterocycles. The smallest absolute Gasteiger partial charge is 0.192 e. The Kier molecular flexibility index (Phi) is 4.42. The van der Waals surface area contributed by atoms with Crippen molar-refractivity contribution >= 4 is 8.32 Å². The second-order valence-corrected chi connectivity index (χ2v) is 11.2. The molecule has 1 saturated heterocycles. The van der Waals surface area contributed by atoms with Gasteiger partial charge in [-0.3, -0.25) is 0 Å². The number of hydrogen-bond donors (Lipinski definition) is 2. The largest absolute Gasteiger partial charge is 0.409 e. The number of rotatable bonds is 2. The minimum absolute atomic E-state index is 0.0997. The lowest BCUT2D eigenvalue weighted by Gasteiger charge is -2.44. The Labute approximate surface area is 105 Å². The number of ether oxygens (including phenoxy) is 1. The van der Waals surface area contributed by atoms with Crippen molar-refractivity contribution in [1.82, 2.24) is 0 Å². The van der Waals surface area contributed by atoms with Gasteiger partial charge in [-0.05, 0) is 25.1 Å². The van der Waals surface area contributed by atoms with Crippen LogP contribution in [0.3, 0.4) is 0 Å². The molecule has 1 fully saturated rings. The molecule has 0 amide bonds. The zero-order chi connectivity index (χ0) is 13.4. The summed E-state index contributed by atoms with van der Waals surface area (Å²) in [5.74, 6) is 0. The average molecular weight is 262 g/mol. The van der Waals surface area contributed by atoms with Crippen LogP contribution in [0, 0.1) is 0 Å². The zero-order valence-electron chi connectivity index (χ0n) is 11.7. The van der Waals surface area contributed by atoms with Gasteiger partial charge in [0.1, 0.15) is 0 Å². The molecular weight excluding hydrogens is 236 g/mol. The van der Waals surface area contributed by atoms with Crippen molar-refractivity contribution in [2.24, 2.45) is 0 Å². The summed E-state index contributed by atoms with van der Waals surface area (Å²) >= 11 is 0. The molecule has 2 N–H and O–H groups in total. The summed E-state index contributed by atoms with van der Waals surface area (Å²) in [6.07, 6.45) is -1.91. The van der Waals surface area contributed by atoms with Crippen LogP contribution in [0.4, 0.5) is 0 Å². The highest BCUT2D eigenvalue weighted by molar-refractivity contribution is 6.74. The van der Waals surface area contributed by atoms with E-state index in [2.05, 4.69) is 33.9 Å². The van der Waals surface area contributed by atoms with Gasteiger partial charge in [-0.2, -0.15) is 0 Å². The molecule has 0 aromatic rings. The van der Waals surface area contributed by atoms with Crippen LogP contribution in [-0.4, -0.2) is 43.1 Å². The molecule has 0 aromatic carbocycles. The average Bonchev–Trinajstić information content (AvgIpc) is 2.09. The molecule has 0 aliphatic carbocycles. The van der Waals surface area contributed by atoms with Crippen LogP contribution in [0.15, 0.2) is 0 Å². The number of aliphatic hydroxyl groups is 2. The van der Waals surface area contributed by atoms with E-state index in [0.29, 0.717) is 0 Å². The van der Waals surface area contributed by atoms with E-state index in [-0.39, 0.29) is 23.7 Å². The quantitative estimate of drug-likeness (QED) is 0.746. The molecular formula is C12H26O4Si. The lowest BCUT2D eigenvalue weighted by atomic mass is 10.0. The Balaban J connectivity index is 2.74. The van der Waals surface area contributed by atoms with Gasteiger partial charge in [-0.15, -0.1) is 0 Å². The van der Waals surface area contributed by atoms with Gasteiger partial charge < -0.3 is 19.4 Å². The first-order chi connectivity index (χ1) is 7.54. The molecule has 0 aromatic heterocycles. The molecule has 0 radical (unpaired) electrons. The van der Waals surface area contributed by atoms with Gasteiger partial charge in [0.15, 0.2) is 14.6 Å². The van der Waals surface area contributed by atoms with E-state index in [1.54, 1.807) is 0 Å². The van der Waals surface area contributed by atoms with Crippen molar-refractivity contribution in [3.8, 4) is 0 Å². The van der Waals surface area contributed by atoms with Gasteiger partial charge in [0, 0.05) is 6.42 Å². The van der Waals surface area contributed by atoms with Gasteiger partial charge in [-0.25, -0.2) is 0 Å². The number of aliphatic hydroxyl groups excluding tert-OH is 2. The van der Waals surface area contributed by atoms with Crippen molar-refractivity contribution in [2.45, 2.75) is 76.8 Å². The predicted octanol–water partition coefficient (Wildman–Crippen LogP) is 1.86. The van der Waals surface area contributed by atoms with E-state index in [0.717, 1.165) is 0 Å². The first kappa shape index (κ1) is 15.1. The van der Waals surface area contributed by atoms with Crippen LogP contribution >= 0.6 is 0 Å². The van der Waals surface area contributed by atoms with E-state index in [9.17, 15) is 10.2 Å². The highest BCUT2D eigenvalue weighted by Crippen LogP contribution is 2.39. The minimum atomic E-state index is -1.92. The minimum Gasteiger partial charge on any atom is -0.409 e. The maximum atomic E-state index is 10.00. The Bertz CT molecular complexity index is 250. The molecule has 102 valence electrons. The molecule has 0 unspecified atom stereocenters. The lowest BCUT2D eigenvalue weighted by Crippen LogP contribution is -2.55. The van der Waals surface area contributed by atoms with Crippen LogP contribution in [0.5, 0.6) is 0 Å². The van der Waals surface area contributed by atoms with E-state index < -0.39 is 20.7 Å².